The van der Waals surface area contributed by atoms with Crippen molar-refractivity contribution in [3.63, 3.8) is 0 Å². The lowest BCUT2D eigenvalue weighted by Gasteiger charge is -2.18. The number of H-pyrrole nitrogens is 1. The van der Waals surface area contributed by atoms with Gasteiger partial charge in [-0.1, -0.05) is 30.7 Å². The number of aliphatic hydroxyl groups is 1. The van der Waals surface area contributed by atoms with Crippen LogP contribution in [0, 0.1) is 12.8 Å². The van der Waals surface area contributed by atoms with Crippen LogP contribution >= 0.6 is 11.6 Å². The third-order valence-corrected chi connectivity index (χ3v) is 3.93. The van der Waals surface area contributed by atoms with E-state index in [1.54, 1.807) is 19.1 Å². The molecule has 1 amide bonds. The molecule has 0 saturated heterocycles. The number of aromatic amines is 1. The number of benzene rings is 1. The first kappa shape index (κ1) is 16.5. The molecule has 5 nitrogen and oxygen atoms in total. The summed E-state index contributed by atoms with van der Waals surface area (Å²) in [5, 5.41) is 12.6. The van der Waals surface area contributed by atoms with Crippen molar-refractivity contribution in [2.24, 2.45) is 5.92 Å². The molecule has 2 unspecified atom stereocenters. The van der Waals surface area contributed by atoms with Crippen molar-refractivity contribution in [3.8, 4) is 11.4 Å². The van der Waals surface area contributed by atoms with Crippen LogP contribution in [0.2, 0.25) is 5.02 Å². The van der Waals surface area contributed by atoms with Crippen molar-refractivity contribution in [1.29, 1.82) is 0 Å². The maximum absolute atomic E-state index is 12.3. The van der Waals surface area contributed by atoms with Crippen molar-refractivity contribution in [1.82, 2.24) is 15.3 Å². The van der Waals surface area contributed by atoms with Gasteiger partial charge in [-0.05, 0) is 31.9 Å². The highest BCUT2D eigenvalue weighted by Crippen LogP contribution is 2.21. The van der Waals surface area contributed by atoms with Gasteiger partial charge in [-0.2, -0.15) is 0 Å². The third-order valence-electron chi connectivity index (χ3n) is 3.70. The molecule has 2 aromatic rings. The van der Waals surface area contributed by atoms with Crippen LogP contribution in [-0.4, -0.2) is 33.6 Å². The number of rotatable bonds is 5. The summed E-state index contributed by atoms with van der Waals surface area (Å²) in [5.74, 6) is 0.332. The Morgan fingerprint density at radius 3 is 2.82 bits per heavy atom. The number of hydrogen-bond acceptors (Lipinski definition) is 3. The van der Waals surface area contributed by atoms with Crippen LogP contribution in [-0.2, 0) is 0 Å². The van der Waals surface area contributed by atoms with Crippen LogP contribution in [0.25, 0.3) is 11.4 Å². The second-order valence-corrected chi connectivity index (χ2v) is 5.93. The Morgan fingerprint density at radius 2 is 2.18 bits per heavy atom. The number of nitrogens with one attached hydrogen (secondary N) is 2. The minimum Gasteiger partial charge on any atom is -0.396 e. The Balaban J connectivity index is 2.21. The topological polar surface area (TPSA) is 78.0 Å². The van der Waals surface area contributed by atoms with Gasteiger partial charge in [0.1, 0.15) is 11.5 Å². The molecule has 118 valence electrons. The van der Waals surface area contributed by atoms with Gasteiger partial charge in [0.05, 0.1) is 0 Å². The zero-order valence-electron chi connectivity index (χ0n) is 12.9. The van der Waals surface area contributed by atoms with Crippen LogP contribution in [0.3, 0.4) is 0 Å². The number of aryl methyl sites for hydroxylation is 1. The van der Waals surface area contributed by atoms with Crippen LogP contribution in [0.5, 0.6) is 0 Å². The molecule has 1 aromatic carbocycles. The van der Waals surface area contributed by atoms with Gasteiger partial charge >= 0.3 is 0 Å². The quantitative estimate of drug-likeness (QED) is 0.792. The highest BCUT2D eigenvalue weighted by atomic mass is 35.5. The molecule has 0 aliphatic rings. The molecule has 0 saturated carbocycles. The van der Waals surface area contributed by atoms with Crippen molar-refractivity contribution in [2.75, 3.05) is 6.61 Å². The molecule has 0 spiro atoms. The first-order chi connectivity index (χ1) is 10.4. The smallest absolute Gasteiger partial charge is 0.271 e. The Morgan fingerprint density at radius 1 is 1.45 bits per heavy atom. The fourth-order valence-electron chi connectivity index (χ4n) is 2.03. The monoisotopic (exact) mass is 321 g/mol. The molecular formula is C16H20ClN3O2. The van der Waals surface area contributed by atoms with E-state index in [4.69, 9.17) is 16.7 Å². The molecule has 2 atom stereocenters. The summed E-state index contributed by atoms with van der Waals surface area (Å²) in [7, 11) is 0. The largest absolute Gasteiger partial charge is 0.396 e. The number of aromatic nitrogens is 2. The van der Waals surface area contributed by atoms with E-state index >= 15 is 0 Å². The van der Waals surface area contributed by atoms with E-state index in [0.29, 0.717) is 22.2 Å². The van der Waals surface area contributed by atoms with Gasteiger partial charge in [-0.25, -0.2) is 4.98 Å². The molecule has 3 N–H and O–H groups in total. The minimum absolute atomic E-state index is 0.0180. The predicted octanol–water partition coefficient (Wildman–Crippen LogP) is 2.79. The van der Waals surface area contributed by atoms with Gasteiger partial charge in [0, 0.05) is 28.9 Å². The second-order valence-electron chi connectivity index (χ2n) is 5.49. The summed E-state index contributed by atoms with van der Waals surface area (Å²) in [5.41, 5.74) is 1.87. The zero-order valence-corrected chi connectivity index (χ0v) is 13.6. The van der Waals surface area contributed by atoms with Crippen LogP contribution in [0.15, 0.2) is 24.3 Å². The summed E-state index contributed by atoms with van der Waals surface area (Å²) in [6.45, 7) is 5.56. The maximum atomic E-state index is 12.3. The van der Waals surface area contributed by atoms with Crippen molar-refractivity contribution >= 4 is 17.5 Å². The summed E-state index contributed by atoms with van der Waals surface area (Å²) in [6, 6.07) is 7.15. The zero-order chi connectivity index (χ0) is 16.3. The van der Waals surface area contributed by atoms with E-state index in [9.17, 15) is 4.79 Å². The molecular weight excluding hydrogens is 302 g/mol. The van der Waals surface area contributed by atoms with E-state index in [-0.39, 0.29) is 24.5 Å². The average molecular weight is 322 g/mol. The number of aliphatic hydroxyl groups excluding tert-OH is 1. The van der Waals surface area contributed by atoms with Gasteiger partial charge < -0.3 is 15.4 Å². The van der Waals surface area contributed by atoms with Gasteiger partial charge in [0.25, 0.3) is 5.91 Å². The van der Waals surface area contributed by atoms with Crippen molar-refractivity contribution < 1.29 is 9.90 Å². The number of carbonyl (C=O) groups is 1. The standard InChI is InChI=1S/C16H20ClN3O2/c1-9(8-21)10(2)19-16(22)14-11(3)18-15(20-14)12-5-4-6-13(17)7-12/h4-7,9-10,21H,8H2,1-3H3,(H,18,20)(H,19,22). The van der Waals surface area contributed by atoms with E-state index in [1.165, 1.54) is 0 Å². The fraction of sp³-hybridized carbons (Fsp3) is 0.375. The molecule has 1 aromatic heterocycles. The highest BCUT2D eigenvalue weighted by molar-refractivity contribution is 6.30. The molecule has 0 radical (unpaired) electrons. The van der Waals surface area contributed by atoms with Gasteiger partial charge in [0.2, 0.25) is 0 Å². The second kappa shape index (κ2) is 6.94. The van der Waals surface area contributed by atoms with E-state index in [1.807, 2.05) is 26.0 Å². The molecule has 6 heteroatoms. The Hall–Kier alpha value is -1.85. The Labute approximate surface area is 134 Å². The molecule has 0 aliphatic carbocycles. The molecule has 0 aliphatic heterocycles. The number of imidazole rings is 1. The van der Waals surface area contributed by atoms with Crippen LogP contribution < -0.4 is 5.32 Å². The Kier molecular flexibility index (Phi) is 5.21. The summed E-state index contributed by atoms with van der Waals surface area (Å²) < 4.78 is 0. The van der Waals surface area contributed by atoms with Crippen LogP contribution in [0.1, 0.15) is 30.0 Å². The van der Waals surface area contributed by atoms with Gasteiger partial charge in [-0.15, -0.1) is 0 Å². The number of amides is 1. The fourth-order valence-corrected chi connectivity index (χ4v) is 2.22. The molecule has 22 heavy (non-hydrogen) atoms. The summed E-state index contributed by atoms with van der Waals surface area (Å²) in [4.78, 5) is 19.8. The van der Waals surface area contributed by atoms with Crippen molar-refractivity contribution in [3.05, 3.63) is 40.7 Å². The Bertz CT molecular complexity index is 669. The van der Waals surface area contributed by atoms with Crippen molar-refractivity contribution in [2.45, 2.75) is 26.8 Å². The maximum Gasteiger partial charge on any atom is 0.271 e. The van der Waals surface area contributed by atoms with E-state index in [2.05, 4.69) is 15.3 Å². The highest BCUT2D eigenvalue weighted by Gasteiger charge is 2.20. The lowest BCUT2D eigenvalue weighted by atomic mass is 10.1. The summed E-state index contributed by atoms with van der Waals surface area (Å²) >= 11 is 5.98. The normalized spacial score (nSPS) is 13.7. The molecule has 2 rings (SSSR count). The SMILES string of the molecule is Cc1[nH]c(-c2cccc(Cl)c2)nc1C(=O)NC(C)C(C)CO. The predicted molar refractivity (Wildman–Crippen MR) is 86.9 cm³/mol. The number of carbonyl (C=O) groups excluding carboxylic acids is 1. The van der Waals surface area contributed by atoms with E-state index < -0.39 is 0 Å². The van der Waals surface area contributed by atoms with E-state index in [0.717, 1.165) is 5.56 Å². The number of hydrogen-bond donors (Lipinski definition) is 3. The summed E-state index contributed by atoms with van der Waals surface area (Å²) in [6.07, 6.45) is 0. The van der Waals surface area contributed by atoms with Crippen LogP contribution in [0.4, 0.5) is 0 Å². The lowest BCUT2D eigenvalue weighted by molar-refractivity contribution is 0.0911. The number of halogens is 1. The molecule has 0 fully saturated rings. The molecule has 0 bridgehead atoms. The van der Waals surface area contributed by atoms with Gasteiger partial charge in [-0.3, -0.25) is 4.79 Å². The molecule has 1 heterocycles. The third kappa shape index (κ3) is 3.67. The minimum atomic E-state index is -0.255. The first-order valence-electron chi connectivity index (χ1n) is 7.16. The first-order valence-corrected chi connectivity index (χ1v) is 7.54. The average Bonchev–Trinajstić information content (AvgIpc) is 2.88. The van der Waals surface area contributed by atoms with Gasteiger partial charge in [0.15, 0.2) is 0 Å². The lowest BCUT2D eigenvalue weighted by Crippen LogP contribution is -2.38. The number of nitrogens with zero attached hydrogens (tertiary/aromatic N) is 1.